The lowest BCUT2D eigenvalue weighted by atomic mass is 10.1. The lowest BCUT2D eigenvalue weighted by Gasteiger charge is -2.22. The van der Waals surface area contributed by atoms with Gasteiger partial charge >= 0.3 is 0 Å². The minimum absolute atomic E-state index is 0.186. The van der Waals surface area contributed by atoms with Gasteiger partial charge in [0.05, 0.1) is 42.5 Å². The Labute approximate surface area is 156 Å². The number of nitrogens with zero attached hydrogens (tertiary/aromatic N) is 4. The van der Waals surface area contributed by atoms with Crippen molar-refractivity contribution in [3.05, 3.63) is 54.5 Å². The summed E-state index contributed by atoms with van der Waals surface area (Å²) in [4.78, 5) is 21.1. The molecule has 0 unspecified atom stereocenters. The van der Waals surface area contributed by atoms with Crippen molar-refractivity contribution in [3.8, 4) is 23.0 Å². The topological polar surface area (TPSA) is 102 Å². The molecule has 140 valence electrons. The molecule has 0 fully saturated rings. The molecule has 0 aliphatic rings. The highest BCUT2D eigenvalue weighted by molar-refractivity contribution is 5.94. The number of aromatic nitrogens is 4. The van der Waals surface area contributed by atoms with Gasteiger partial charge in [0, 0.05) is 12.3 Å². The second-order valence-electron chi connectivity index (χ2n) is 6.60. The molecule has 1 amide bonds. The summed E-state index contributed by atoms with van der Waals surface area (Å²) in [6, 6.07) is 10.7. The molecule has 0 saturated carbocycles. The number of methoxy groups -OCH3 is 1. The van der Waals surface area contributed by atoms with Crippen molar-refractivity contribution >= 4 is 5.91 Å². The third-order valence-corrected chi connectivity index (χ3v) is 3.89. The second-order valence-corrected chi connectivity index (χ2v) is 6.60. The van der Waals surface area contributed by atoms with E-state index in [-0.39, 0.29) is 18.2 Å². The molecule has 0 atom stereocenters. The highest BCUT2D eigenvalue weighted by Crippen LogP contribution is 2.23. The molecule has 0 aromatic carbocycles. The summed E-state index contributed by atoms with van der Waals surface area (Å²) in [6.45, 7) is 3.28. The van der Waals surface area contributed by atoms with Crippen LogP contribution in [-0.4, -0.2) is 50.0 Å². The number of rotatable bonds is 6. The van der Waals surface area contributed by atoms with E-state index in [1.807, 2.05) is 18.2 Å². The zero-order valence-corrected chi connectivity index (χ0v) is 15.4. The average Bonchev–Trinajstić information content (AvgIpc) is 3.14. The van der Waals surface area contributed by atoms with Gasteiger partial charge in [-0.3, -0.25) is 9.78 Å². The van der Waals surface area contributed by atoms with E-state index in [1.54, 1.807) is 56.2 Å². The van der Waals surface area contributed by atoms with Gasteiger partial charge in [-0.1, -0.05) is 6.07 Å². The van der Waals surface area contributed by atoms with Gasteiger partial charge in [-0.05, 0) is 38.1 Å². The van der Waals surface area contributed by atoms with Crippen LogP contribution in [0.5, 0.6) is 5.88 Å². The summed E-state index contributed by atoms with van der Waals surface area (Å²) in [6.07, 6.45) is 3.28. The molecule has 2 N–H and O–H groups in total. The number of amides is 1. The van der Waals surface area contributed by atoms with Crippen molar-refractivity contribution in [2.24, 2.45) is 0 Å². The highest BCUT2D eigenvalue weighted by Gasteiger charge is 2.23. The maximum atomic E-state index is 12.6. The molecule has 0 aliphatic heterocycles. The Balaban J connectivity index is 2.05. The van der Waals surface area contributed by atoms with E-state index in [9.17, 15) is 9.90 Å². The van der Waals surface area contributed by atoms with E-state index in [0.717, 1.165) is 0 Å². The summed E-state index contributed by atoms with van der Waals surface area (Å²) < 4.78 is 6.70. The molecule has 0 bridgehead atoms. The third kappa shape index (κ3) is 4.12. The van der Waals surface area contributed by atoms with Gasteiger partial charge in [0.15, 0.2) is 5.69 Å². The SMILES string of the molecule is COc1ccc(-n2nc(C(=O)NC(C)(C)CO)cc2-c2ccccn2)cn1. The monoisotopic (exact) mass is 367 g/mol. The molecular formula is C19H21N5O3. The van der Waals surface area contributed by atoms with Crippen LogP contribution in [0.3, 0.4) is 0 Å². The summed E-state index contributed by atoms with van der Waals surface area (Å²) in [5, 5.41) is 16.6. The van der Waals surface area contributed by atoms with Crippen LogP contribution in [0.2, 0.25) is 0 Å². The Morgan fingerprint density at radius 2 is 2.07 bits per heavy atom. The lowest BCUT2D eigenvalue weighted by Crippen LogP contribution is -2.46. The van der Waals surface area contributed by atoms with Gasteiger partial charge in [0.2, 0.25) is 5.88 Å². The molecule has 8 nitrogen and oxygen atoms in total. The van der Waals surface area contributed by atoms with Crippen LogP contribution in [-0.2, 0) is 0 Å². The maximum absolute atomic E-state index is 12.6. The van der Waals surface area contributed by atoms with Crippen LogP contribution in [0.15, 0.2) is 48.8 Å². The van der Waals surface area contributed by atoms with E-state index < -0.39 is 5.54 Å². The normalized spacial score (nSPS) is 11.3. The van der Waals surface area contributed by atoms with Crippen molar-refractivity contribution in [3.63, 3.8) is 0 Å². The zero-order valence-electron chi connectivity index (χ0n) is 15.4. The highest BCUT2D eigenvalue weighted by atomic mass is 16.5. The maximum Gasteiger partial charge on any atom is 0.272 e. The number of hydrogen-bond acceptors (Lipinski definition) is 6. The fourth-order valence-corrected chi connectivity index (χ4v) is 2.42. The molecule has 0 radical (unpaired) electrons. The third-order valence-electron chi connectivity index (χ3n) is 3.89. The minimum Gasteiger partial charge on any atom is -0.481 e. The molecule has 8 heteroatoms. The van der Waals surface area contributed by atoms with Crippen molar-refractivity contribution in [2.75, 3.05) is 13.7 Å². The first-order chi connectivity index (χ1) is 12.9. The van der Waals surface area contributed by atoms with Gasteiger partial charge in [-0.2, -0.15) is 5.10 Å². The molecule has 3 aromatic heterocycles. The first kappa shape index (κ1) is 18.5. The minimum atomic E-state index is -0.756. The molecule has 0 saturated heterocycles. The van der Waals surface area contributed by atoms with E-state index in [0.29, 0.717) is 23.0 Å². The number of pyridine rings is 2. The second kappa shape index (κ2) is 7.55. The largest absolute Gasteiger partial charge is 0.481 e. The van der Waals surface area contributed by atoms with E-state index in [4.69, 9.17) is 4.74 Å². The fourth-order valence-electron chi connectivity index (χ4n) is 2.42. The van der Waals surface area contributed by atoms with Gasteiger partial charge in [0.25, 0.3) is 5.91 Å². The van der Waals surface area contributed by atoms with Gasteiger partial charge in [-0.15, -0.1) is 0 Å². The molecule has 3 aromatic rings. The Hall–Kier alpha value is -3.26. The molecule has 3 rings (SSSR count). The first-order valence-corrected chi connectivity index (χ1v) is 8.39. The van der Waals surface area contributed by atoms with Crippen molar-refractivity contribution in [1.82, 2.24) is 25.1 Å². The van der Waals surface area contributed by atoms with Crippen molar-refractivity contribution in [1.29, 1.82) is 0 Å². The summed E-state index contributed by atoms with van der Waals surface area (Å²) in [5.74, 6) is 0.0967. The smallest absolute Gasteiger partial charge is 0.272 e. The number of ether oxygens (including phenoxy) is 1. The Morgan fingerprint density at radius 3 is 2.67 bits per heavy atom. The molecule has 0 aliphatic carbocycles. The van der Waals surface area contributed by atoms with Crippen LogP contribution < -0.4 is 10.1 Å². The Kier molecular flexibility index (Phi) is 5.18. The first-order valence-electron chi connectivity index (χ1n) is 8.39. The van der Waals surface area contributed by atoms with Gasteiger partial charge in [0.1, 0.15) is 0 Å². The van der Waals surface area contributed by atoms with Gasteiger partial charge in [-0.25, -0.2) is 9.67 Å². The quantitative estimate of drug-likeness (QED) is 0.689. The predicted molar refractivity (Wildman–Crippen MR) is 99.8 cm³/mol. The number of nitrogens with one attached hydrogen (secondary N) is 1. The Bertz CT molecular complexity index is 920. The number of aliphatic hydroxyl groups excluding tert-OH is 1. The van der Waals surface area contributed by atoms with Crippen LogP contribution in [0.25, 0.3) is 17.1 Å². The van der Waals surface area contributed by atoms with E-state index in [2.05, 4.69) is 20.4 Å². The fraction of sp³-hybridized carbons (Fsp3) is 0.263. The van der Waals surface area contributed by atoms with E-state index in [1.165, 1.54) is 0 Å². The summed E-state index contributed by atoms with van der Waals surface area (Å²) >= 11 is 0. The van der Waals surface area contributed by atoms with Crippen LogP contribution in [0.1, 0.15) is 24.3 Å². The van der Waals surface area contributed by atoms with Crippen LogP contribution in [0, 0.1) is 0 Å². The summed E-state index contributed by atoms with van der Waals surface area (Å²) in [7, 11) is 1.54. The molecule has 3 heterocycles. The molecular weight excluding hydrogens is 346 g/mol. The van der Waals surface area contributed by atoms with Crippen molar-refractivity contribution in [2.45, 2.75) is 19.4 Å². The average molecular weight is 367 g/mol. The van der Waals surface area contributed by atoms with Crippen LogP contribution >= 0.6 is 0 Å². The Morgan fingerprint density at radius 1 is 1.26 bits per heavy atom. The lowest BCUT2D eigenvalue weighted by molar-refractivity contribution is 0.0864. The predicted octanol–water partition coefficient (Wildman–Crippen LogP) is 1.84. The van der Waals surface area contributed by atoms with Crippen LogP contribution in [0.4, 0.5) is 0 Å². The van der Waals surface area contributed by atoms with Crippen molar-refractivity contribution < 1.29 is 14.6 Å². The van der Waals surface area contributed by atoms with E-state index >= 15 is 0 Å². The molecule has 27 heavy (non-hydrogen) atoms. The standard InChI is InChI=1S/C19H21N5O3/c1-19(2,12-25)22-18(26)15-10-16(14-6-4-5-9-20-14)24(23-15)13-7-8-17(27-3)21-11-13/h4-11,25H,12H2,1-3H3,(H,22,26). The molecule has 0 spiro atoms. The zero-order chi connectivity index (χ0) is 19.4. The number of hydrogen-bond donors (Lipinski definition) is 2. The van der Waals surface area contributed by atoms with Gasteiger partial charge < -0.3 is 15.2 Å². The number of carbonyl (C=O) groups excluding carboxylic acids is 1. The number of aliphatic hydroxyl groups is 1. The number of carbonyl (C=O) groups is 1. The summed E-state index contributed by atoms with van der Waals surface area (Å²) in [5.41, 5.74) is 1.44.